The van der Waals surface area contributed by atoms with Gasteiger partial charge in [0, 0.05) is 10.4 Å². The highest BCUT2D eigenvalue weighted by Crippen LogP contribution is 2.69. The Morgan fingerprint density at radius 3 is 2.39 bits per heavy atom. The number of carboxylic acids is 1. The van der Waals surface area contributed by atoms with Gasteiger partial charge in [-0.3, -0.25) is 9.78 Å². The van der Waals surface area contributed by atoms with E-state index >= 15 is 0 Å². The molecule has 5 atom stereocenters. The van der Waals surface area contributed by atoms with Gasteiger partial charge in [0.05, 0.1) is 31.0 Å². The first-order chi connectivity index (χ1) is 15.8. The summed E-state index contributed by atoms with van der Waals surface area (Å²) in [6.07, 6.45) is 1.17. The average molecular weight is 512 g/mol. The van der Waals surface area contributed by atoms with E-state index in [9.17, 15) is 20.1 Å². The van der Waals surface area contributed by atoms with Crippen molar-refractivity contribution in [3.63, 3.8) is 0 Å². The first-order valence-electron chi connectivity index (χ1n) is 10.4. The number of halogens is 1. The minimum Gasteiger partial charge on any atom is -0.495 e. The Morgan fingerprint density at radius 1 is 1.12 bits per heavy atom. The molecule has 3 N–H and O–H groups in total. The molecule has 0 spiro atoms. The van der Waals surface area contributed by atoms with E-state index < -0.39 is 35.1 Å². The summed E-state index contributed by atoms with van der Waals surface area (Å²) in [5.41, 5.74) is -1.42. The lowest BCUT2D eigenvalue weighted by atomic mass is 9.70. The lowest BCUT2D eigenvalue weighted by molar-refractivity contribution is -0.159. The molecular formula is C25H22BrNO6. The second-order valence-corrected chi connectivity index (χ2v) is 9.44. The molecule has 0 amide bonds. The van der Waals surface area contributed by atoms with Gasteiger partial charge < -0.3 is 24.8 Å². The summed E-state index contributed by atoms with van der Waals surface area (Å²) in [4.78, 5) is 16.7. The van der Waals surface area contributed by atoms with Gasteiger partial charge in [-0.15, -0.1) is 0 Å². The second-order valence-electron chi connectivity index (χ2n) is 8.52. The van der Waals surface area contributed by atoms with Gasteiger partial charge in [0.25, 0.3) is 0 Å². The van der Waals surface area contributed by atoms with Crippen LogP contribution in [0.15, 0.2) is 65.4 Å². The zero-order valence-electron chi connectivity index (χ0n) is 17.9. The minimum atomic E-state index is -2.12. The molecule has 3 unspecified atom stereocenters. The van der Waals surface area contributed by atoms with E-state index in [2.05, 4.69) is 20.9 Å². The maximum absolute atomic E-state index is 12.6. The van der Waals surface area contributed by atoms with Crippen molar-refractivity contribution in [1.82, 2.24) is 4.98 Å². The molecule has 170 valence electrons. The number of aliphatic hydroxyl groups excluding tert-OH is 1. The SMILES string of the molecule is COc1cncc2c1C1(O)[C@H](O)[C@H](C(=O)O)C(c3ccc(C)cc3)C1(c1ccc(Br)cc1)O2. The first-order valence-corrected chi connectivity index (χ1v) is 11.2. The van der Waals surface area contributed by atoms with E-state index in [1.165, 1.54) is 19.5 Å². The molecule has 1 aliphatic heterocycles. The molecule has 1 fully saturated rings. The highest BCUT2D eigenvalue weighted by atomic mass is 79.9. The Bertz CT molecular complexity index is 1230. The molecule has 1 aliphatic carbocycles. The number of hydrogen-bond acceptors (Lipinski definition) is 6. The Balaban J connectivity index is 1.88. The summed E-state index contributed by atoms with van der Waals surface area (Å²) in [7, 11) is 1.42. The van der Waals surface area contributed by atoms with Crippen LogP contribution in [-0.2, 0) is 16.0 Å². The molecule has 1 saturated carbocycles. The van der Waals surface area contributed by atoms with Crippen LogP contribution in [0.25, 0.3) is 0 Å². The summed E-state index contributed by atoms with van der Waals surface area (Å²) < 4.78 is 12.8. The van der Waals surface area contributed by atoms with Crippen LogP contribution in [0.3, 0.4) is 0 Å². The van der Waals surface area contributed by atoms with E-state index in [4.69, 9.17) is 9.47 Å². The monoisotopic (exact) mass is 511 g/mol. The van der Waals surface area contributed by atoms with Crippen molar-refractivity contribution in [3.05, 3.63) is 87.7 Å². The predicted molar refractivity (Wildman–Crippen MR) is 122 cm³/mol. The number of nitrogens with zero attached hydrogens (tertiary/aromatic N) is 1. The van der Waals surface area contributed by atoms with Crippen LogP contribution in [0.4, 0.5) is 0 Å². The van der Waals surface area contributed by atoms with Crippen molar-refractivity contribution in [2.75, 3.05) is 7.11 Å². The predicted octanol–water partition coefficient (Wildman–Crippen LogP) is 3.50. The maximum Gasteiger partial charge on any atom is 0.310 e. The fourth-order valence-electron chi connectivity index (χ4n) is 5.48. The number of hydrogen-bond donors (Lipinski definition) is 3. The van der Waals surface area contributed by atoms with Gasteiger partial charge in [0.2, 0.25) is 0 Å². The van der Waals surface area contributed by atoms with E-state index in [1.807, 2.05) is 31.2 Å². The van der Waals surface area contributed by atoms with Gasteiger partial charge in [0.15, 0.2) is 11.2 Å². The minimum absolute atomic E-state index is 0.191. The Kier molecular flexibility index (Phi) is 5.00. The Hall–Kier alpha value is -2.94. The van der Waals surface area contributed by atoms with Gasteiger partial charge in [-0.05, 0) is 30.2 Å². The van der Waals surface area contributed by atoms with Crippen molar-refractivity contribution in [1.29, 1.82) is 0 Å². The fourth-order valence-corrected chi connectivity index (χ4v) is 5.74. The fraction of sp³-hybridized carbons (Fsp3) is 0.280. The number of aryl methyl sites for hydroxylation is 1. The van der Waals surface area contributed by atoms with Crippen LogP contribution < -0.4 is 9.47 Å². The molecule has 0 bridgehead atoms. The molecule has 2 aliphatic rings. The van der Waals surface area contributed by atoms with Crippen LogP contribution in [0.5, 0.6) is 11.5 Å². The number of benzene rings is 2. The van der Waals surface area contributed by atoms with E-state index in [0.717, 1.165) is 10.0 Å². The normalized spacial score (nSPS) is 29.8. The molecule has 1 aromatic heterocycles. The summed E-state index contributed by atoms with van der Waals surface area (Å²) in [6, 6.07) is 14.5. The quantitative estimate of drug-likeness (QED) is 0.491. The zero-order chi connectivity index (χ0) is 23.5. The molecule has 33 heavy (non-hydrogen) atoms. The van der Waals surface area contributed by atoms with Crippen LogP contribution >= 0.6 is 15.9 Å². The van der Waals surface area contributed by atoms with Gasteiger partial charge in [-0.2, -0.15) is 0 Å². The number of aliphatic hydroxyl groups is 2. The van der Waals surface area contributed by atoms with Crippen molar-refractivity contribution in [3.8, 4) is 11.5 Å². The van der Waals surface area contributed by atoms with Gasteiger partial charge >= 0.3 is 5.97 Å². The van der Waals surface area contributed by atoms with Crippen LogP contribution in [0.2, 0.25) is 0 Å². The third kappa shape index (κ3) is 2.81. The molecule has 7 nitrogen and oxygen atoms in total. The van der Waals surface area contributed by atoms with Crippen molar-refractivity contribution in [2.24, 2.45) is 5.92 Å². The van der Waals surface area contributed by atoms with Crippen LogP contribution in [0, 0.1) is 12.8 Å². The largest absolute Gasteiger partial charge is 0.495 e. The van der Waals surface area contributed by atoms with Crippen molar-refractivity contribution < 1.29 is 29.6 Å². The Labute approximate surface area is 198 Å². The number of methoxy groups -OCH3 is 1. The van der Waals surface area contributed by atoms with Crippen LogP contribution in [-0.4, -0.2) is 39.5 Å². The highest BCUT2D eigenvalue weighted by Gasteiger charge is 2.78. The van der Waals surface area contributed by atoms with Crippen LogP contribution in [0.1, 0.15) is 28.2 Å². The summed E-state index contributed by atoms with van der Waals surface area (Å²) in [5.74, 6) is -3.06. The molecular weight excluding hydrogens is 490 g/mol. The van der Waals surface area contributed by atoms with Crippen molar-refractivity contribution in [2.45, 2.75) is 30.1 Å². The van der Waals surface area contributed by atoms with E-state index in [0.29, 0.717) is 11.1 Å². The third-order valence-electron chi connectivity index (χ3n) is 6.87. The molecule has 3 aromatic rings. The number of aromatic nitrogens is 1. The zero-order valence-corrected chi connectivity index (χ0v) is 19.5. The summed E-state index contributed by atoms with van der Waals surface area (Å²) in [5, 5.41) is 34.2. The summed E-state index contributed by atoms with van der Waals surface area (Å²) >= 11 is 3.43. The molecule has 0 saturated heterocycles. The lowest BCUT2D eigenvalue weighted by Crippen LogP contribution is -2.52. The number of rotatable bonds is 4. The topological polar surface area (TPSA) is 109 Å². The Morgan fingerprint density at radius 2 is 1.79 bits per heavy atom. The summed E-state index contributed by atoms with van der Waals surface area (Å²) in [6.45, 7) is 1.93. The van der Waals surface area contributed by atoms with Gasteiger partial charge in [-0.1, -0.05) is 57.9 Å². The number of ether oxygens (including phenoxy) is 2. The first kappa shape index (κ1) is 21.9. The second kappa shape index (κ2) is 7.55. The maximum atomic E-state index is 12.6. The molecule has 2 heterocycles. The number of carboxylic acid groups (broad SMARTS) is 1. The lowest BCUT2D eigenvalue weighted by Gasteiger charge is -2.40. The highest BCUT2D eigenvalue weighted by molar-refractivity contribution is 9.10. The van der Waals surface area contributed by atoms with E-state index in [1.54, 1.807) is 24.3 Å². The molecule has 8 heteroatoms. The molecule has 0 radical (unpaired) electrons. The number of pyridine rings is 1. The van der Waals surface area contributed by atoms with Gasteiger partial charge in [-0.25, -0.2) is 0 Å². The van der Waals surface area contributed by atoms with Gasteiger partial charge in [0.1, 0.15) is 17.6 Å². The number of carbonyl (C=O) groups is 1. The smallest absolute Gasteiger partial charge is 0.310 e. The number of aliphatic carboxylic acids is 1. The molecule has 5 rings (SSSR count). The van der Waals surface area contributed by atoms with E-state index in [-0.39, 0.29) is 17.1 Å². The molecule has 2 aromatic carbocycles. The van der Waals surface area contributed by atoms with Crippen molar-refractivity contribution >= 4 is 21.9 Å². The number of fused-ring (bicyclic) bond motifs is 3. The third-order valence-corrected chi connectivity index (χ3v) is 7.40. The standard InChI is InChI=1S/C25H22BrNO6/c1-13-3-5-14(6-4-13)20-19(23(29)30)22(28)24(31)21-17(32-2)11-27-12-18(21)33-25(20,24)15-7-9-16(26)10-8-15/h3-12,19-20,22,28,31H,1-2H3,(H,29,30)/t19-,20?,22-,24?,25?/m1/s1. The average Bonchev–Trinajstić information content (AvgIpc) is 3.18.